The number of anilines is 1. The van der Waals surface area contributed by atoms with Gasteiger partial charge < -0.3 is 20.3 Å². The lowest BCUT2D eigenvalue weighted by Gasteiger charge is -2.21. The molecule has 4 rings (SSSR count). The highest BCUT2D eigenvalue weighted by Crippen LogP contribution is 2.32. The summed E-state index contributed by atoms with van der Waals surface area (Å²) in [6.07, 6.45) is 6.76. The second kappa shape index (κ2) is 11.2. The first-order valence-corrected chi connectivity index (χ1v) is 11.7. The van der Waals surface area contributed by atoms with Crippen LogP contribution in [-0.4, -0.2) is 53.4 Å². The monoisotopic (exact) mass is 482 g/mol. The molecule has 0 spiro atoms. The van der Waals surface area contributed by atoms with Gasteiger partial charge in [0.15, 0.2) is 11.6 Å². The second-order valence-electron chi connectivity index (χ2n) is 8.84. The van der Waals surface area contributed by atoms with Crippen molar-refractivity contribution in [2.75, 3.05) is 11.9 Å². The lowest BCUT2D eigenvalue weighted by Crippen LogP contribution is -2.36. The fraction of sp³-hybridized carbons (Fsp3) is 0.458. The molecule has 11 nitrogen and oxygen atoms in total. The van der Waals surface area contributed by atoms with Gasteiger partial charge in [-0.1, -0.05) is 31.7 Å². The van der Waals surface area contributed by atoms with Gasteiger partial charge in [0, 0.05) is 30.1 Å². The third kappa shape index (κ3) is 6.52. The maximum absolute atomic E-state index is 13.3. The molecule has 186 valence electrons. The van der Waals surface area contributed by atoms with Gasteiger partial charge in [-0.25, -0.2) is 9.67 Å². The summed E-state index contributed by atoms with van der Waals surface area (Å²) in [4.78, 5) is 30.5. The standard InChI is InChI=1S/C24H30N6O5/c1-16-5-4-8-22(26-16)35-19-12-23(33)30(25-13-19)20(11-17-6-2-3-7-17)24(34)27-21-9-10-29(28-21)14-18(32)15-31/h4-5,8-10,12-13,17-18,20,31-32H,2-3,6-7,11,14-15H2,1H3,(H,27,28,34). The molecule has 35 heavy (non-hydrogen) atoms. The first-order chi connectivity index (χ1) is 16.9. The van der Waals surface area contributed by atoms with Crippen molar-refractivity contribution < 1.29 is 19.7 Å². The molecule has 2 atom stereocenters. The summed E-state index contributed by atoms with van der Waals surface area (Å²) < 4.78 is 8.29. The van der Waals surface area contributed by atoms with E-state index in [9.17, 15) is 14.7 Å². The van der Waals surface area contributed by atoms with E-state index < -0.39 is 23.6 Å². The molecule has 0 aliphatic heterocycles. The van der Waals surface area contributed by atoms with Gasteiger partial charge in [-0.3, -0.25) is 14.3 Å². The number of nitrogens with zero attached hydrogens (tertiary/aromatic N) is 5. The molecule has 0 radical (unpaired) electrons. The largest absolute Gasteiger partial charge is 0.437 e. The Kier molecular flexibility index (Phi) is 7.88. The molecule has 1 aliphatic carbocycles. The first kappa shape index (κ1) is 24.6. The van der Waals surface area contributed by atoms with E-state index in [0.717, 1.165) is 31.4 Å². The molecule has 0 saturated heterocycles. The molecule has 0 bridgehead atoms. The number of amides is 1. The van der Waals surface area contributed by atoms with Crippen LogP contribution in [0.3, 0.4) is 0 Å². The van der Waals surface area contributed by atoms with Crippen LogP contribution in [0.4, 0.5) is 5.82 Å². The van der Waals surface area contributed by atoms with Crippen LogP contribution in [-0.2, 0) is 11.3 Å². The van der Waals surface area contributed by atoms with Crippen molar-refractivity contribution in [3.8, 4) is 11.6 Å². The quantitative estimate of drug-likeness (QED) is 0.398. The number of pyridine rings is 1. The van der Waals surface area contributed by atoms with E-state index in [1.165, 1.54) is 21.6 Å². The number of aromatic nitrogens is 5. The molecule has 1 aliphatic rings. The van der Waals surface area contributed by atoms with E-state index in [1.807, 2.05) is 13.0 Å². The molecule has 1 fully saturated rings. The van der Waals surface area contributed by atoms with E-state index in [1.54, 1.807) is 24.4 Å². The number of aliphatic hydroxyl groups excluding tert-OH is 2. The zero-order valence-corrected chi connectivity index (χ0v) is 19.6. The number of aliphatic hydroxyl groups is 2. The first-order valence-electron chi connectivity index (χ1n) is 11.7. The lowest BCUT2D eigenvalue weighted by atomic mass is 9.98. The average Bonchev–Trinajstić information content (AvgIpc) is 3.50. The average molecular weight is 483 g/mol. The van der Waals surface area contributed by atoms with Crippen molar-refractivity contribution >= 4 is 11.7 Å². The van der Waals surface area contributed by atoms with Crippen LogP contribution in [0.15, 0.2) is 47.5 Å². The van der Waals surface area contributed by atoms with E-state index in [0.29, 0.717) is 18.2 Å². The predicted molar refractivity (Wildman–Crippen MR) is 127 cm³/mol. The molecule has 3 heterocycles. The van der Waals surface area contributed by atoms with Crippen LogP contribution in [0, 0.1) is 12.8 Å². The number of carbonyl (C=O) groups excluding carboxylic acids is 1. The highest BCUT2D eigenvalue weighted by molar-refractivity contribution is 5.92. The smallest absolute Gasteiger partial charge is 0.271 e. The molecule has 2 unspecified atom stereocenters. The summed E-state index contributed by atoms with van der Waals surface area (Å²) in [6, 6.07) is 7.42. The highest BCUT2D eigenvalue weighted by Gasteiger charge is 2.29. The zero-order valence-electron chi connectivity index (χ0n) is 19.6. The van der Waals surface area contributed by atoms with E-state index in [-0.39, 0.29) is 24.7 Å². The van der Waals surface area contributed by atoms with Crippen LogP contribution < -0.4 is 15.6 Å². The second-order valence-corrected chi connectivity index (χ2v) is 8.84. The summed E-state index contributed by atoms with van der Waals surface area (Å²) in [7, 11) is 0. The number of nitrogens with one attached hydrogen (secondary N) is 1. The Hall–Kier alpha value is -3.57. The van der Waals surface area contributed by atoms with Crippen LogP contribution in [0.25, 0.3) is 0 Å². The zero-order chi connectivity index (χ0) is 24.8. The van der Waals surface area contributed by atoms with Crippen molar-refractivity contribution in [3.63, 3.8) is 0 Å². The maximum atomic E-state index is 13.3. The maximum Gasteiger partial charge on any atom is 0.271 e. The molecular weight excluding hydrogens is 452 g/mol. The summed E-state index contributed by atoms with van der Waals surface area (Å²) in [5.41, 5.74) is 0.329. The van der Waals surface area contributed by atoms with Gasteiger partial charge in [-0.05, 0) is 25.3 Å². The third-order valence-electron chi connectivity index (χ3n) is 6.02. The Morgan fingerprint density at radius 3 is 2.80 bits per heavy atom. The fourth-order valence-corrected chi connectivity index (χ4v) is 4.28. The van der Waals surface area contributed by atoms with Crippen molar-refractivity contribution in [1.82, 2.24) is 24.5 Å². The van der Waals surface area contributed by atoms with Crippen molar-refractivity contribution in [2.24, 2.45) is 5.92 Å². The Morgan fingerprint density at radius 2 is 2.09 bits per heavy atom. The molecule has 0 aromatic carbocycles. The number of ether oxygens (including phenoxy) is 1. The van der Waals surface area contributed by atoms with Crippen LogP contribution in [0.1, 0.15) is 43.8 Å². The summed E-state index contributed by atoms with van der Waals surface area (Å²) in [5.74, 6) is 0.810. The number of rotatable bonds is 10. The van der Waals surface area contributed by atoms with Crippen LogP contribution in [0.2, 0.25) is 0 Å². The molecule has 3 aromatic rings. The summed E-state index contributed by atoms with van der Waals surface area (Å²) in [5, 5.41) is 29.8. The Bertz CT molecular complexity index is 1200. The third-order valence-corrected chi connectivity index (χ3v) is 6.02. The van der Waals surface area contributed by atoms with Gasteiger partial charge in [-0.2, -0.15) is 10.2 Å². The summed E-state index contributed by atoms with van der Waals surface area (Å²) >= 11 is 0. The van der Waals surface area contributed by atoms with Gasteiger partial charge >= 0.3 is 0 Å². The van der Waals surface area contributed by atoms with Gasteiger partial charge in [0.2, 0.25) is 5.88 Å². The van der Waals surface area contributed by atoms with Crippen LogP contribution in [0.5, 0.6) is 11.6 Å². The Morgan fingerprint density at radius 1 is 1.29 bits per heavy atom. The topological polar surface area (TPSA) is 144 Å². The SMILES string of the molecule is Cc1cccc(Oc2cnn(C(CC3CCCC3)C(=O)Nc3ccn(CC(O)CO)n3)c(=O)c2)n1. The summed E-state index contributed by atoms with van der Waals surface area (Å²) in [6.45, 7) is 1.54. The number of hydrogen-bond donors (Lipinski definition) is 3. The highest BCUT2D eigenvalue weighted by atomic mass is 16.5. The molecule has 1 saturated carbocycles. The van der Waals surface area contributed by atoms with Gasteiger partial charge in [0.25, 0.3) is 11.5 Å². The number of aryl methyl sites for hydroxylation is 1. The molecular formula is C24H30N6O5. The van der Waals surface area contributed by atoms with Gasteiger partial charge in [-0.15, -0.1) is 0 Å². The predicted octanol–water partition coefficient (Wildman–Crippen LogP) is 2.05. The van der Waals surface area contributed by atoms with Crippen molar-refractivity contribution in [3.05, 3.63) is 58.8 Å². The minimum atomic E-state index is -0.952. The van der Waals surface area contributed by atoms with E-state index in [2.05, 4.69) is 20.5 Å². The minimum absolute atomic E-state index is 0.0934. The molecule has 3 aromatic heterocycles. The van der Waals surface area contributed by atoms with Gasteiger partial charge in [0.1, 0.15) is 6.04 Å². The lowest BCUT2D eigenvalue weighted by molar-refractivity contribution is -0.120. The number of carbonyl (C=O) groups is 1. The molecule has 1 amide bonds. The molecule has 11 heteroatoms. The van der Waals surface area contributed by atoms with Crippen molar-refractivity contribution in [1.29, 1.82) is 0 Å². The number of hydrogen-bond acceptors (Lipinski definition) is 8. The van der Waals surface area contributed by atoms with Crippen LogP contribution >= 0.6 is 0 Å². The Labute approximate surface area is 202 Å². The fourth-order valence-electron chi connectivity index (χ4n) is 4.28. The van der Waals surface area contributed by atoms with Gasteiger partial charge in [0.05, 0.1) is 25.5 Å². The normalized spacial score (nSPS) is 15.6. The Balaban J connectivity index is 1.52. The van der Waals surface area contributed by atoms with Crippen molar-refractivity contribution in [2.45, 2.75) is 57.7 Å². The van der Waals surface area contributed by atoms with E-state index in [4.69, 9.17) is 9.84 Å². The minimum Gasteiger partial charge on any atom is -0.437 e. The molecule has 3 N–H and O–H groups in total. The van der Waals surface area contributed by atoms with E-state index >= 15 is 0 Å².